The van der Waals surface area contributed by atoms with Crippen molar-refractivity contribution in [1.82, 2.24) is 9.21 Å². The Morgan fingerprint density at radius 1 is 1.14 bits per heavy atom. The maximum Gasteiger partial charge on any atom is 0.216 e. The van der Waals surface area contributed by atoms with Crippen LogP contribution < -0.4 is 0 Å². The molecule has 0 aromatic heterocycles. The fourth-order valence-electron chi connectivity index (χ4n) is 4.65. The van der Waals surface area contributed by atoms with Crippen molar-refractivity contribution < 1.29 is 45.5 Å². The van der Waals surface area contributed by atoms with Crippen LogP contribution in [0.2, 0.25) is 0 Å². The standard InChI is InChI=1S/C20H29FN3O2S.Y/c1-15-14-22-9-12-24(15)20(17-3-2-4-18(21)13-17)16-7-10-23(11-8-16)27(25,26)19-5-6-19;/h2-4,13,15-16,19-20H,5-12,14H2,1H3;/q-1;/t15-,20?;/m0./s1. The number of hydrogen-bond acceptors (Lipinski definition) is 3. The molecule has 1 aliphatic carbocycles. The molecule has 0 bridgehead atoms. The zero-order valence-electron chi connectivity index (χ0n) is 16.5. The summed E-state index contributed by atoms with van der Waals surface area (Å²) < 4.78 is 40.7. The van der Waals surface area contributed by atoms with Crippen LogP contribution in [-0.4, -0.2) is 61.6 Å². The maximum absolute atomic E-state index is 13.9. The van der Waals surface area contributed by atoms with E-state index in [0.717, 1.165) is 50.9 Å². The second-order valence-electron chi connectivity index (χ2n) is 8.20. The average molecular weight is 483 g/mol. The summed E-state index contributed by atoms with van der Waals surface area (Å²) in [7, 11) is -3.10. The Kier molecular flexibility index (Phi) is 7.71. The van der Waals surface area contributed by atoms with E-state index in [1.165, 1.54) is 6.07 Å². The van der Waals surface area contributed by atoms with Crippen molar-refractivity contribution in [3.63, 3.8) is 0 Å². The van der Waals surface area contributed by atoms with Crippen molar-refractivity contribution in [3.05, 3.63) is 41.0 Å². The van der Waals surface area contributed by atoms with Crippen molar-refractivity contribution in [3.8, 4) is 0 Å². The molecule has 1 unspecified atom stereocenters. The third-order valence-corrected chi connectivity index (χ3v) is 8.67. The number of sulfonamides is 1. The summed E-state index contributed by atoms with van der Waals surface area (Å²) in [6, 6.07) is 7.37. The predicted octanol–water partition coefficient (Wildman–Crippen LogP) is 3.15. The summed E-state index contributed by atoms with van der Waals surface area (Å²) in [4.78, 5) is 2.46. The van der Waals surface area contributed by atoms with Crippen LogP contribution >= 0.6 is 0 Å². The maximum atomic E-state index is 13.9. The first-order valence-electron chi connectivity index (χ1n) is 10.1. The first kappa shape index (κ1) is 22.8. The second kappa shape index (κ2) is 9.48. The number of nitrogens with zero attached hydrogens (tertiary/aromatic N) is 3. The molecule has 1 radical (unpaired) electrons. The molecule has 3 aliphatic rings. The van der Waals surface area contributed by atoms with E-state index in [1.807, 2.05) is 6.07 Å². The minimum Gasteiger partial charge on any atom is -0.660 e. The van der Waals surface area contributed by atoms with Crippen molar-refractivity contribution in [2.45, 2.75) is 49.9 Å². The van der Waals surface area contributed by atoms with E-state index in [4.69, 9.17) is 0 Å². The summed E-state index contributed by atoms with van der Waals surface area (Å²) >= 11 is 0. The summed E-state index contributed by atoms with van der Waals surface area (Å²) in [5, 5.41) is 4.37. The number of piperazine rings is 1. The molecular formula is C20H29FN3O2SY-. The molecule has 2 aliphatic heterocycles. The van der Waals surface area contributed by atoms with Crippen LogP contribution in [0.1, 0.15) is 44.2 Å². The summed E-state index contributed by atoms with van der Waals surface area (Å²) in [5.74, 6) is 0.124. The Morgan fingerprint density at radius 2 is 1.86 bits per heavy atom. The molecule has 2 atom stereocenters. The Balaban J connectivity index is 0.00000225. The van der Waals surface area contributed by atoms with E-state index < -0.39 is 10.0 Å². The average Bonchev–Trinajstić information content (AvgIpc) is 3.50. The van der Waals surface area contributed by atoms with Gasteiger partial charge in [-0.2, -0.15) is 0 Å². The Labute approximate surface area is 193 Å². The van der Waals surface area contributed by atoms with Gasteiger partial charge in [0.1, 0.15) is 5.82 Å². The van der Waals surface area contributed by atoms with Crippen LogP contribution in [0.15, 0.2) is 24.3 Å². The molecular weight excluding hydrogens is 454 g/mol. The molecule has 0 amide bonds. The molecule has 1 aromatic rings. The molecule has 1 saturated carbocycles. The van der Waals surface area contributed by atoms with Crippen LogP contribution in [0, 0.1) is 11.7 Å². The molecule has 2 heterocycles. The normalized spacial score (nSPS) is 26.6. The van der Waals surface area contributed by atoms with Gasteiger partial charge < -0.3 is 5.32 Å². The van der Waals surface area contributed by atoms with Gasteiger partial charge in [0.2, 0.25) is 10.0 Å². The number of hydrogen-bond donors (Lipinski definition) is 0. The van der Waals surface area contributed by atoms with Crippen molar-refractivity contribution in [2.24, 2.45) is 5.92 Å². The third-order valence-electron chi connectivity index (χ3n) is 6.27. The van der Waals surface area contributed by atoms with Crippen LogP contribution in [-0.2, 0) is 42.7 Å². The molecule has 2 saturated heterocycles. The number of benzene rings is 1. The number of piperidine rings is 1. The Morgan fingerprint density at radius 3 is 2.46 bits per heavy atom. The predicted molar refractivity (Wildman–Crippen MR) is 105 cm³/mol. The summed E-state index contributed by atoms with van der Waals surface area (Å²) in [6.45, 7) is 5.85. The fraction of sp³-hybridized carbons (Fsp3) is 0.700. The van der Waals surface area contributed by atoms with E-state index in [2.05, 4.69) is 17.1 Å². The van der Waals surface area contributed by atoms with Gasteiger partial charge in [0.05, 0.1) is 5.25 Å². The number of rotatable bonds is 5. The zero-order valence-corrected chi connectivity index (χ0v) is 20.2. The monoisotopic (exact) mass is 483 g/mol. The van der Waals surface area contributed by atoms with E-state index in [9.17, 15) is 12.8 Å². The van der Waals surface area contributed by atoms with Gasteiger partial charge in [-0.15, -0.1) is 13.1 Å². The van der Waals surface area contributed by atoms with Gasteiger partial charge in [-0.05, 0) is 61.9 Å². The topological polar surface area (TPSA) is 54.7 Å². The fourth-order valence-corrected chi connectivity index (χ4v) is 6.52. The van der Waals surface area contributed by atoms with Crippen molar-refractivity contribution in [1.29, 1.82) is 0 Å². The van der Waals surface area contributed by atoms with E-state index in [0.29, 0.717) is 25.0 Å². The molecule has 8 heteroatoms. The van der Waals surface area contributed by atoms with Crippen LogP contribution in [0.25, 0.3) is 5.32 Å². The molecule has 153 valence electrons. The minimum atomic E-state index is -3.10. The van der Waals surface area contributed by atoms with Crippen LogP contribution in [0.5, 0.6) is 0 Å². The second-order valence-corrected chi connectivity index (χ2v) is 10.4. The quantitative estimate of drug-likeness (QED) is 0.647. The Bertz CT molecular complexity index is 766. The minimum absolute atomic E-state index is 0. The van der Waals surface area contributed by atoms with Gasteiger partial charge in [0, 0.05) is 51.8 Å². The molecule has 0 N–H and O–H groups in total. The molecule has 1 aromatic carbocycles. The first-order chi connectivity index (χ1) is 13.0. The molecule has 4 rings (SSSR count). The van der Waals surface area contributed by atoms with Gasteiger partial charge in [-0.3, -0.25) is 4.90 Å². The van der Waals surface area contributed by atoms with Crippen LogP contribution in [0.3, 0.4) is 0 Å². The van der Waals surface area contributed by atoms with E-state index in [1.54, 1.807) is 16.4 Å². The largest absolute Gasteiger partial charge is 0.660 e. The van der Waals surface area contributed by atoms with Gasteiger partial charge in [-0.25, -0.2) is 17.1 Å². The first-order valence-corrected chi connectivity index (χ1v) is 11.6. The van der Waals surface area contributed by atoms with Crippen molar-refractivity contribution in [2.75, 3.05) is 32.7 Å². The van der Waals surface area contributed by atoms with Gasteiger partial charge in [0.15, 0.2) is 0 Å². The molecule has 5 nitrogen and oxygen atoms in total. The van der Waals surface area contributed by atoms with Gasteiger partial charge in [-0.1, -0.05) is 19.1 Å². The van der Waals surface area contributed by atoms with Crippen molar-refractivity contribution >= 4 is 10.0 Å². The van der Waals surface area contributed by atoms with E-state index >= 15 is 0 Å². The summed E-state index contributed by atoms with van der Waals surface area (Å²) in [6.07, 6.45) is 3.27. The summed E-state index contributed by atoms with van der Waals surface area (Å²) in [5.41, 5.74) is 1.01. The smallest absolute Gasteiger partial charge is 0.216 e. The molecule has 0 spiro atoms. The zero-order chi connectivity index (χ0) is 19.0. The third kappa shape index (κ3) is 4.86. The Hall–Kier alpha value is 0.0839. The van der Waals surface area contributed by atoms with Gasteiger partial charge in [0.25, 0.3) is 0 Å². The van der Waals surface area contributed by atoms with Crippen LogP contribution in [0.4, 0.5) is 4.39 Å². The SMILES string of the molecule is C[C@H]1C[N-]CCN1C(c1cccc(F)c1)C1CCN(S(=O)(=O)C2CC2)CC1.[Y]. The van der Waals surface area contributed by atoms with E-state index in [-0.39, 0.29) is 49.8 Å². The molecule has 3 fully saturated rings. The van der Waals surface area contributed by atoms with Gasteiger partial charge >= 0.3 is 0 Å². The molecule has 28 heavy (non-hydrogen) atoms. The number of halogens is 1.